The summed E-state index contributed by atoms with van der Waals surface area (Å²) in [6.07, 6.45) is 0. The molecule has 1 N–H and O–H groups in total. The molecule has 0 spiro atoms. The number of amidine groups is 1. The fourth-order valence-electron chi connectivity index (χ4n) is 0.554. The summed E-state index contributed by atoms with van der Waals surface area (Å²) in [4.78, 5) is 4.09. The highest BCUT2D eigenvalue weighted by Crippen LogP contribution is 2.00. The van der Waals surface area contributed by atoms with Crippen LogP contribution in [0, 0.1) is 0 Å². The monoisotopic (exact) mass is 160 g/mol. The molecule has 0 aromatic carbocycles. The summed E-state index contributed by atoms with van der Waals surface area (Å²) >= 11 is 1.74. The average molecular weight is 160 g/mol. The van der Waals surface area contributed by atoms with Crippen molar-refractivity contribution in [3.8, 4) is 0 Å². The van der Waals surface area contributed by atoms with Gasteiger partial charge in [0.05, 0.1) is 0 Å². The van der Waals surface area contributed by atoms with E-state index in [1.165, 1.54) is 0 Å². The normalized spacial score (nSPS) is 12.3. The average Bonchev–Trinajstić information content (AvgIpc) is 1.86. The van der Waals surface area contributed by atoms with Crippen molar-refractivity contribution >= 4 is 16.9 Å². The molecule has 0 aromatic heterocycles. The summed E-state index contributed by atoms with van der Waals surface area (Å²) in [5, 5.41) is 4.28. The van der Waals surface area contributed by atoms with E-state index in [9.17, 15) is 0 Å². The second-order valence-electron chi connectivity index (χ2n) is 2.26. The van der Waals surface area contributed by atoms with Crippen LogP contribution < -0.4 is 5.32 Å². The standard InChI is InChI=1S/C7H16N2S/c1-5-10-7(8-4)9-6(2)3/h6H,5H2,1-4H3,(H,8,9). The van der Waals surface area contributed by atoms with Crippen LogP contribution in [0.15, 0.2) is 4.99 Å². The fourth-order valence-corrected chi connectivity index (χ4v) is 1.28. The van der Waals surface area contributed by atoms with E-state index in [2.05, 4.69) is 31.1 Å². The molecule has 0 aliphatic rings. The van der Waals surface area contributed by atoms with Gasteiger partial charge in [-0.15, -0.1) is 0 Å². The first-order chi connectivity index (χ1) is 4.70. The molecule has 60 valence electrons. The molecule has 3 heteroatoms. The van der Waals surface area contributed by atoms with Crippen molar-refractivity contribution < 1.29 is 0 Å². The van der Waals surface area contributed by atoms with Crippen LogP contribution in [0.25, 0.3) is 0 Å². The van der Waals surface area contributed by atoms with Gasteiger partial charge in [0.1, 0.15) is 0 Å². The number of rotatable bonds is 2. The Morgan fingerprint density at radius 1 is 1.60 bits per heavy atom. The van der Waals surface area contributed by atoms with E-state index in [1.807, 2.05) is 7.05 Å². The molecule has 0 atom stereocenters. The van der Waals surface area contributed by atoms with Gasteiger partial charge in [-0.1, -0.05) is 18.7 Å². The van der Waals surface area contributed by atoms with Crippen LogP contribution in [0.3, 0.4) is 0 Å². The lowest BCUT2D eigenvalue weighted by atomic mass is 10.4. The van der Waals surface area contributed by atoms with Gasteiger partial charge in [0.2, 0.25) is 0 Å². The van der Waals surface area contributed by atoms with E-state index < -0.39 is 0 Å². The largest absolute Gasteiger partial charge is 0.363 e. The molecule has 0 rings (SSSR count). The number of aliphatic imine (C=N–C) groups is 1. The predicted molar refractivity (Wildman–Crippen MR) is 49.8 cm³/mol. The van der Waals surface area contributed by atoms with Crippen molar-refractivity contribution in [2.45, 2.75) is 26.8 Å². The first kappa shape index (κ1) is 9.82. The zero-order valence-electron chi connectivity index (χ0n) is 7.14. The van der Waals surface area contributed by atoms with E-state index in [4.69, 9.17) is 0 Å². The lowest BCUT2D eigenvalue weighted by Crippen LogP contribution is -2.27. The lowest BCUT2D eigenvalue weighted by molar-refractivity contribution is 0.739. The highest BCUT2D eigenvalue weighted by atomic mass is 32.2. The number of nitrogens with one attached hydrogen (secondary N) is 1. The Morgan fingerprint density at radius 3 is 2.50 bits per heavy atom. The van der Waals surface area contributed by atoms with Gasteiger partial charge in [0.25, 0.3) is 0 Å². The Balaban J connectivity index is 3.62. The Bertz CT molecular complexity index is 110. The molecule has 0 bridgehead atoms. The van der Waals surface area contributed by atoms with E-state index in [0.29, 0.717) is 6.04 Å². The minimum absolute atomic E-state index is 0.484. The molecule has 0 aliphatic heterocycles. The van der Waals surface area contributed by atoms with Gasteiger partial charge < -0.3 is 5.32 Å². The highest BCUT2D eigenvalue weighted by Gasteiger charge is 1.97. The second-order valence-corrected chi connectivity index (χ2v) is 3.51. The van der Waals surface area contributed by atoms with Crippen LogP contribution in [0.4, 0.5) is 0 Å². The Kier molecular flexibility index (Phi) is 5.49. The molecule has 0 fully saturated rings. The highest BCUT2D eigenvalue weighted by molar-refractivity contribution is 8.13. The second kappa shape index (κ2) is 5.59. The molecule has 0 saturated carbocycles. The zero-order valence-corrected chi connectivity index (χ0v) is 7.96. The molecule has 0 amide bonds. The fraction of sp³-hybridized carbons (Fsp3) is 0.857. The molecule has 0 aromatic rings. The zero-order chi connectivity index (χ0) is 7.98. The molecule has 0 aliphatic carbocycles. The number of hydrogen-bond acceptors (Lipinski definition) is 2. The van der Waals surface area contributed by atoms with Crippen molar-refractivity contribution in [3.63, 3.8) is 0 Å². The van der Waals surface area contributed by atoms with Crippen molar-refractivity contribution in [1.29, 1.82) is 0 Å². The summed E-state index contributed by atoms with van der Waals surface area (Å²) in [5.41, 5.74) is 0. The number of nitrogens with zero attached hydrogens (tertiary/aromatic N) is 1. The van der Waals surface area contributed by atoms with Gasteiger partial charge >= 0.3 is 0 Å². The third-order valence-electron chi connectivity index (χ3n) is 0.896. The maximum Gasteiger partial charge on any atom is 0.156 e. The van der Waals surface area contributed by atoms with Gasteiger partial charge in [-0.05, 0) is 19.6 Å². The molecular weight excluding hydrogens is 144 g/mol. The van der Waals surface area contributed by atoms with Crippen LogP contribution in [0.5, 0.6) is 0 Å². The summed E-state index contributed by atoms with van der Waals surface area (Å²) in [5.74, 6) is 1.08. The van der Waals surface area contributed by atoms with Gasteiger partial charge in [0, 0.05) is 13.1 Å². The molecule has 0 heterocycles. The van der Waals surface area contributed by atoms with Crippen LogP contribution >= 0.6 is 11.8 Å². The van der Waals surface area contributed by atoms with Crippen LogP contribution in [0.2, 0.25) is 0 Å². The SMILES string of the molecule is CCSC(=NC)NC(C)C. The summed E-state index contributed by atoms with van der Waals surface area (Å²) in [6.45, 7) is 6.35. The first-order valence-electron chi connectivity index (χ1n) is 3.56. The molecule has 0 unspecified atom stereocenters. The predicted octanol–water partition coefficient (Wildman–Crippen LogP) is 1.72. The minimum atomic E-state index is 0.484. The van der Waals surface area contributed by atoms with Gasteiger partial charge in [0.15, 0.2) is 5.17 Å². The number of hydrogen-bond donors (Lipinski definition) is 1. The molecular formula is C7H16N2S. The smallest absolute Gasteiger partial charge is 0.156 e. The van der Waals surface area contributed by atoms with E-state index in [1.54, 1.807) is 11.8 Å². The minimum Gasteiger partial charge on any atom is -0.363 e. The third-order valence-corrected chi connectivity index (χ3v) is 1.76. The van der Waals surface area contributed by atoms with Crippen LogP contribution in [-0.2, 0) is 0 Å². The molecule has 0 radical (unpaired) electrons. The van der Waals surface area contributed by atoms with Crippen molar-refractivity contribution in [1.82, 2.24) is 5.32 Å². The third kappa shape index (κ3) is 4.68. The maximum absolute atomic E-state index is 4.09. The Hall–Kier alpha value is -0.180. The van der Waals surface area contributed by atoms with E-state index >= 15 is 0 Å². The van der Waals surface area contributed by atoms with Gasteiger partial charge in [-0.3, -0.25) is 4.99 Å². The maximum atomic E-state index is 4.09. The lowest BCUT2D eigenvalue weighted by Gasteiger charge is -2.10. The summed E-state index contributed by atoms with van der Waals surface area (Å²) in [7, 11) is 1.81. The molecule has 10 heavy (non-hydrogen) atoms. The van der Waals surface area contributed by atoms with Crippen LogP contribution in [-0.4, -0.2) is 24.0 Å². The Labute approximate surface area is 67.5 Å². The Morgan fingerprint density at radius 2 is 2.20 bits per heavy atom. The van der Waals surface area contributed by atoms with Crippen LogP contribution in [0.1, 0.15) is 20.8 Å². The van der Waals surface area contributed by atoms with Gasteiger partial charge in [-0.2, -0.15) is 0 Å². The van der Waals surface area contributed by atoms with Crippen molar-refractivity contribution in [3.05, 3.63) is 0 Å². The van der Waals surface area contributed by atoms with Crippen molar-refractivity contribution in [2.75, 3.05) is 12.8 Å². The van der Waals surface area contributed by atoms with E-state index in [0.717, 1.165) is 10.9 Å². The molecule has 2 nitrogen and oxygen atoms in total. The summed E-state index contributed by atoms with van der Waals surface area (Å²) < 4.78 is 0. The quantitative estimate of drug-likeness (QED) is 0.491. The van der Waals surface area contributed by atoms with Crippen molar-refractivity contribution in [2.24, 2.45) is 4.99 Å². The van der Waals surface area contributed by atoms with E-state index in [-0.39, 0.29) is 0 Å². The summed E-state index contributed by atoms with van der Waals surface area (Å²) in [6, 6.07) is 0.484. The molecule has 0 saturated heterocycles. The topological polar surface area (TPSA) is 24.4 Å². The first-order valence-corrected chi connectivity index (χ1v) is 4.55. The van der Waals surface area contributed by atoms with Gasteiger partial charge in [-0.25, -0.2) is 0 Å². The number of thioether (sulfide) groups is 1.